The molecule has 76 valence electrons. The zero-order valence-electron chi connectivity index (χ0n) is 8.37. The van der Waals surface area contributed by atoms with Crippen molar-refractivity contribution in [2.45, 2.75) is 57.1 Å². The number of rotatable bonds is 2. The van der Waals surface area contributed by atoms with Crippen molar-refractivity contribution in [2.24, 2.45) is 11.7 Å². The minimum Gasteiger partial charge on any atom is -0.377 e. The van der Waals surface area contributed by atoms with Gasteiger partial charge in [-0.15, -0.1) is 0 Å². The van der Waals surface area contributed by atoms with Crippen LogP contribution in [-0.4, -0.2) is 18.8 Å². The van der Waals surface area contributed by atoms with Gasteiger partial charge in [0.05, 0.1) is 6.10 Å². The lowest BCUT2D eigenvalue weighted by atomic mass is 9.84. The molecule has 13 heavy (non-hydrogen) atoms. The maximum Gasteiger partial charge on any atom is 0.0729 e. The van der Waals surface area contributed by atoms with Gasteiger partial charge in [-0.05, 0) is 18.8 Å². The van der Waals surface area contributed by atoms with E-state index in [1.54, 1.807) is 0 Å². The Morgan fingerprint density at radius 1 is 1.08 bits per heavy atom. The van der Waals surface area contributed by atoms with Crippen LogP contribution in [0.5, 0.6) is 0 Å². The minimum absolute atomic E-state index is 0.321. The van der Waals surface area contributed by atoms with Crippen LogP contribution in [0.25, 0.3) is 0 Å². The summed E-state index contributed by atoms with van der Waals surface area (Å²) in [6.07, 6.45) is 9.77. The Morgan fingerprint density at radius 2 is 1.85 bits per heavy atom. The molecule has 0 spiro atoms. The number of ether oxygens (including phenoxy) is 1. The topological polar surface area (TPSA) is 35.2 Å². The molecule has 1 aliphatic carbocycles. The lowest BCUT2D eigenvalue weighted by Gasteiger charge is -2.25. The lowest BCUT2D eigenvalue weighted by Crippen LogP contribution is -2.32. The third kappa shape index (κ3) is 2.44. The summed E-state index contributed by atoms with van der Waals surface area (Å²) < 4.78 is 5.64. The first-order chi connectivity index (χ1) is 6.36. The van der Waals surface area contributed by atoms with E-state index >= 15 is 0 Å². The molecule has 1 aliphatic heterocycles. The van der Waals surface area contributed by atoms with Gasteiger partial charge in [0.25, 0.3) is 0 Å². The van der Waals surface area contributed by atoms with Crippen LogP contribution in [0, 0.1) is 5.92 Å². The summed E-state index contributed by atoms with van der Waals surface area (Å²) in [7, 11) is 0. The van der Waals surface area contributed by atoms with Gasteiger partial charge in [0.2, 0.25) is 0 Å². The molecule has 0 aromatic carbocycles. The average Bonchev–Trinajstić information content (AvgIpc) is 2.54. The second-order valence-corrected chi connectivity index (χ2v) is 4.60. The van der Waals surface area contributed by atoms with E-state index in [0.717, 1.165) is 18.9 Å². The second-order valence-electron chi connectivity index (χ2n) is 4.60. The van der Waals surface area contributed by atoms with E-state index in [2.05, 4.69) is 0 Å². The quantitative estimate of drug-likeness (QED) is 0.711. The molecule has 0 radical (unpaired) electrons. The summed E-state index contributed by atoms with van der Waals surface area (Å²) >= 11 is 0. The third-order valence-corrected chi connectivity index (χ3v) is 3.55. The molecule has 2 N–H and O–H groups in total. The molecule has 1 saturated heterocycles. The largest absolute Gasteiger partial charge is 0.377 e. The Hall–Kier alpha value is -0.0800. The maximum absolute atomic E-state index is 5.97. The van der Waals surface area contributed by atoms with Gasteiger partial charge in [-0.1, -0.05) is 32.1 Å². The summed E-state index contributed by atoms with van der Waals surface area (Å²) in [5.74, 6) is 0.905. The zero-order chi connectivity index (χ0) is 9.10. The summed E-state index contributed by atoms with van der Waals surface area (Å²) in [6.45, 7) is 0.887. The second kappa shape index (κ2) is 4.43. The molecule has 1 heterocycles. The van der Waals surface area contributed by atoms with Crippen molar-refractivity contribution >= 4 is 0 Å². The van der Waals surface area contributed by atoms with Crippen LogP contribution in [0.1, 0.15) is 44.9 Å². The smallest absolute Gasteiger partial charge is 0.0729 e. The van der Waals surface area contributed by atoms with Crippen molar-refractivity contribution in [3.63, 3.8) is 0 Å². The van der Waals surface area contributed by atoms with Crippen molar-refractivity contribution in [3.05, 3.63) is 0 Å². The van der Waals surface area contributed by atoms with Crippen molar-refractivity contribution in [2.75, 3.05) is 6.61 Å². The lowest BCUT2D eigenvalue weighted by molar-refractivity contribution is 0.0765. The fourth-order valence-corrected chi connectivity index (χ4v) is 2.66. The SMILES string of the molecule is NC1CCOC1CC1CCCCC1. The fourth-order valence-electron chi connectivity index (χ4n) is 2.66. The van der Waals surface area contributed by atoms with E-state index in [1.165, 1.54) is 38.5 Å². The zero-order valence-corrected chi connectivity index (χ0v) is 8.37. The standard InChI is InChI=1S/C11H21NO/c12-10-6-7-13-11(10)8-9-4-2-1-3-5-9/h9-11H,1-8,12H2. The van der Waals surface area contributed by atoms with Crippen molar-refractivity contribution in [1.29, 1.82) is 0 Å². The summed E-state index contributed by atoms with van der Waals surface area (Å²) in [6, 6.07) is 0.321. The van der Waals surface area contributed by atoms with E-state index in [0.29, 0.717) is 12.1 Å². The number of nitrogens with two attached hydrogens (primary N) is 1. The molecular formula is C11H21NO. The molecule has 2 heteroatoms. The van der Waals surface area contributed by atoms with Crippen molar-refractivity contribution < 1.29 is 4.74 Å². The molecule has 0 aromatic heterocycles. The van der Waals surface area contributed by atoms with E-state index in [4.69, 9.17) is 10.5 Å². The molecule has 2 nitrogen and oxygen atoms in total. The molecule has 0 amide bonds. The first kappa shape index (κ1) is 9.47. The summed E-state index contributed by atoms with van der Waals surface area (Å²) in [4.78, 5) is 0. The van der Waals surface area contributed by atoms with E-state index < -0.39 is 0 Å². The van der Waals surface area contributed by atoms with Gasteiger partial charge in [0.15, 0.2) is 0 Å². The van der Waals surface area contributed by atoms with Gasteiger partial charge in [0, 0.05) is 12.6 Å². The molecule has 2 aliphatic rings. The highest BCUT2D eigenvalue weighted by atomic mass is 16.5. The van der Waals surface area contributed by atoms with Crippen LogP contribution in [0.15, 0.2) is 0 Å². The molecule has 0 bridgehead atoms. The number of hydrogen-bond donors (Lipinski definition) is 1. The molecule has 2 unspecified atom stereocenters. The maximum atomic E-state index is 5.97. The molecular weight excluding hydrogens is 162 g/mol. The molecule has 0 aromatic rings. The predicted molar refractivity (Wildman–Crippen MR) is 53.5 cm³/mol. The Bertz CT molecular complexity index is 154. The van der Waals surface area contributed by atoms with Gasteiger partial charge >= 0.3 is 0 Å². The van der Waals surface area contributed by atoms with E-state index in [1.807, 2.05) is 0 Å². The predicted octanol–water partition coefficient (Wildman–Crippen LogP) is 2.07. The van der Waals surface area contributed by atoms with Crippen LogP contribution in [0.3, 0.4) is 0 Å². The highest BCUT2D eigenvalue weighted by Gasteiger charge is 2.28. The van der Waals surface area contributed by atoms with Crippen molar-refractivity contribution in [3.8, 4) is 0 Å². The normalized spacial score (nSPS) is 36.7. The Labute approximate surface area is 80.8 Å². The first-order valence-electron chi connectivity index (χ1n) is 5.73. The van der Waals surface area contributed by atoms with Gasteiger partial charge in [-0.2, -0.15) is 0 Å². The van der Waals surface area contributed by atoms with E-state index in [9.17, 15) is 0 Å². The number of hydrogen-bond acceptors (Lipinski definition) is 2. The van der Waals surface area contributed by atoms with Crippen LogP contribution in [-0.2, 0) is 4.74 Å². The monoisotopic (exact) mass is 183 g/mol. The Kier molecular flexibility index (Phi) is 3.23. The fraction of sp³-hybridized carbons (Fsp3) is 1.00. The third-order valence-electron chi connectivity index (χ3n) is 3.55. The molecule has 2 rings (SSSR count). The van der Waals surface area contributed by atoms with Crippen LogP contribution in [0.4, 0.5) is 0 Å². The Morgan fingerprint density at radius 3 is 2.46 bits per heavy atom. The highest BCUT2D eigenvalue weighted by Crippen LogP contribution is 2.30. The van der Waals surface area contributed by atoms with Gasteiger partial charge < -0.3 is 10.5 Å². The van der Waals surface area contributed by atoms with Gasteiger partial charge in [0.1, 0.15) is 0 Å². The Balaban J connectivity index is 1.75. The van der Waals surface area contributed by atoms with Crippen LogP contribution >= 0.6 is 0 Å². The van der Waals surface area contributed by atoms with Crippen LogP contribution in [0.2, 0.25) is 0 Å². The van der Waals surface area contributed by atoms with Gasteiger partial charge in [-0.25, -0.2) is 0 Å². The summed E-state index contributed by atoms with van der Waals surface area (Å²) in [5.41, 5.74) is 5.97. The minimum atomic E-state index is 0.321. The molecule has 2 fully saturated rings. The van der Waals surface area contributed by atoms with Gasteiger partial charge in [-0.3, -0.25) is 0 Å². The van der Waals surface area contributed by atoms with E-state index in [-0.39, 0.29) is 0 Å². The molecule has 1 saturated carbocycles. The first-order valence-corrected chi connectivity index (χ1v) is 5.73. The highest BCUT2D eigenvalue weighted by molar-refractivity contribution is 4.82. The molecule has 2 atom stereocenters. The average molecular weight is 183 g/mol. The van der Waals surface area contributed by atoms with Crippen LogP contribution < -0.4 is 5.73 Å². The van der Waals surface area contributed by atoms with Crippen molar-refractivity contribution in [1.82, 2.24) is 0 Å². The summed E-state index contributed by atoms with van der Waals surface area (Å²) in [5, 5.41) is 0.